The van der Waals surface area contributed by atoms with Crippen molar-refractivity contribution in [1.82, 2.24) is 10.2 Å². The van der Waals surface area contributed by atoms with Gasteiger partial charge in [-0.3, -0.25) is 14.5 Å². The largest absolute Gasteiger partial charge is 0.329 e. The van der Waals surface area contributed by atoms with Crippen molar-refractivity contribution in [2.24, 2.45) is 0 Å². The third-order valence-electron chi connectivity index (χ3n) is 5.08. The normalized spacial score (nSPS) is 16.3. The lowest BCUT2D eigenvalue weighted by Crippen LogP contribution is -2.35. The number of anilines is 1. The molecule has 0 bridgehead atoms. The Labute approximate surface area is 157 Å². The summed E-state index contributed by atoms with van der Waals surface area (Å²) in [4.78, 5) is 39.4. The standard InChI is InChI=1S/C21H21N3O3/c1-14-4-9-18-17(11-14)3-2-10-23(18)20(26)16-7-5-15(6-8-16)13-24-19(25)12-22-21(24)27/h4-9,11H,2-3,10,12-13H2,1H3,(H,22,27). The van der Waals surface area contributed by atoms with Crippen molar-refractivity contribution >= 4 is 23.5 Å². The van der Waals surface area contributed by atoms with Gasteiger partial charge in [0, 0.05) is 17.8 Å². The Bertz CT molecular complexity index is 905. The lowest BCUT2D eigenvalue weighted by atomic mass is 9.98. The summed E-state index contributed by atoms with van der Waals surface area (Å²) < 4.78 is 0. The highest BCUT2D eigenvalue weighted by Gasteiger charge is 2.28. The summed E-state index contributed by atoms with van der Waals surface area (Å²) in [6.07, 6.45) is 1.94. The Hall–Kier alpha value is -3.15. The van der Waals surface area contributed by atoms with Gasteiger partial charge in [0.05, 0.1) is 13.1 Å². The van der Waals surface area contributed by atoms with Crippen LogP contribution < -0.4 is 10.2 Å². The van der Waals surface area contributed by atoms with Crippen LogP contribution in [0.15, 0.2) is 42.5 Å². The number of hydrogen-bond donors (Lipinski definition) is 1. The van der Waals surface area contributed by atoms with Crippen LogP contribution in [0.5, 0.6) is 0 Å². The Balaban J connectivity index is 1.52. The first kappa shape index (κ1) is 17.3. The molecule has 2 aromatic carbocycles. The second-order valence-corrected chi connectivity index (χ2v) is 7.03. The highest BCUT2D eigenvalue weighted by atomic mass is 16.2. The number of carbonyl (C=O) groups excluding carboxylic acids is 3. The zero-order valence-electron chi connectivity index (χ0n) is 15.2. The molecule has 0 aromatic heterocycles. The number of benzene rings is 2. The maximum Gasteiger partial charge on any atom is 0.324 e. The average molecular weight is 363 g/mol. The molecule has 0 unspecified atom stereocenters. The van der Waals surface area contributed by atoms with Crippen LogP contribution in [-0.2, 0) is 17.8 Å². The Morgan fingerprint density at radius 1 is 1.11 bits per heavy atom. The third-order valence-corrected chi connectivity index (χ3v) is 5.08. The fourth-order valence-corrected chi connectivity index (χ4v) is 3.64. The molecule has 1 N–H and O–H groups in total. The molecule has 1 saturated heterocycles. The Kier molecular flexibility index (Phi) is 4.39. The molecule has 0 aliphatic carbocycles. The van der Waals surface area contributed by atoms with Crippen molar-refractivity contribution in [2.75, 3.05) is 18.0 Å². The average Bonchev–Trinajstić information content (AvgIpc) is 2.99. The zero-order chi connectivity index (χ0) is 19.0. The van der Waals surface area contributed by atoms with E-state index in [0.29, 0.717) is 12.1 Å². The molecule has 6 heteroatoms. The van der Waals surface area contributed by atoms with Crippen LogP contribution in [0.2, 0.25) is 0 Å². The first-order chi connectivity index (χ1) is 13.0. The number of urea groups is 1. The summed E-state index contributed by atoms with van der Waals surface area (Å²) in [5.41, 5.74) is 4.81. The van der Waals surface area contributed by atoms with Gasteiger partial charge in [0.2, 0.25) is 5.91 Å². The van der Waals surface area contributed by atoms with Crippen molar-refractivity contribution in [3.8, 4) is 0 Å². The van der Waals surface area contributed by atoms with Crippen molar-refractivity contribution in [3.63, 3.8) is 0 Å². The predicted octanol–water partition coefficient (Wildman–Crippen LogP) is 2.64. The van der Waals surface area contributed by atoms with E-state index in [4.69, 9.17) is 0 Å². The van der Waals surface area contributed by atoms with Crippen LogP contribution in [0.1, 0.15) is 33.5 Å². The smallest absolute Gasteiger partial charge is 0.324 e. The second-order valence-electron chi connectivity index (χ2n) is 7.03. The van der Waals surface area contributed by atoms with E-state index in [1.54, 1.807) is 24.3 Å². The van der Waals surface area contributed by atoms with Gasteiger partial charge >= 0.3 is 6.03 Å². The van der Waals surface area contributed by atoms with E-state index in [2.05, 4.69) is 18.3 Å². The molecule has 27 heavy (non-hydrogen) atoms. The van der Waals surface area contributed by atoms with Gasteiger partial charge in [0.15, 0.2) is 0 Å². The van der Waals surface area contributed by atoms with Crippen molar-refractivity contribution in [2.45, 2.75) is 26.3 Å². The van der Waals surface area contributed by atoms with Gasteiger partial charge in [-0.05, 0) is 49.1 Å². The summed E-state index contributed by atoms with van der Waals surface area (Å²) in [5.74, 6) is -0.262. The van der Waals surface area contributed by atoms with Crippen molar-refractivity contribution < 1.29 is 14.4 Å². The molecule has 4 amide bonds. The number of amides is 4. The van der Waals surface area contributed by atoms with Crippen molar-refractivity contribution in [1.29, 1.82) is 0 Å². The molecule has 0 radical (unpaired) electrons. The summed E-state index contributed by atoms with van der Waals surface area (Å²) in [6.45, 7) is 3.03. The van der Waals surface area contributed by atoms with E-state index in [0.717, 1.165) is 24.1 Å². The van der Waals surface area contributed by atoms with E-state index in [1.165, 1.54) is 16.0 Å². The van der Waals surface area contributed by atoms with E-state index in [9.17, 15) is 14.4 Å². The predicted molar refractivity (Wildman–Crippen MR) is 102 cm³/mol. The van der Waals surface area contributed by atoms with Gasteiger partial charge in [-0.1, -0.05) is 29.8 Å². The van der Waals surface area contributed by atoms with Crippen LogP contribution in [0.4, 0.5) is 10.5 Å². The number of imide groups is 1. The summed E-state index contributed by atoms with van der Waals surface area (Å²) >= 11 is 0. The van der Waals surface area contributed by atoms with Crippen LogP contribution in [0.3, 0.4) is 0 Å². The van der Waals surface area contributed by atoms with Crippen LogP contribution in [0.25, 0.3) is 0 Å². The number of hydrogen-bond acceptors (Lipinski definition) is 3. The minimum Gasteiger partial charge on any atom is -0.329 e. The highest BCUT2D eigenvalue weighted by molar-refractivity contribution is 6.07. The minimum absolute atomic E-state index is 0.0265. The maximum absolute atomic E-state index is 13.0. The van der Waals surface area contributed by atoms with E-state index >= 15 is 0 Å². The number of aryl methyl sites for hydroxylation is 2. The molecule has 2 aliphatic rings. The summed E-state index contributed by atoms with van der Waals surface area (Å²) in [7, 11) is 0. The molecule has 4 rings (SSSR count). The molecule has 1 fully saturated rings. The van der Waals surface area contributed by atoms with Gasteiger partial charge in [-0.2, -0.15) is 0 Å². The number of fused-ring (bicyclic) bond motifs is 1. The second kappa shape index (κ2) is 6.87. The first-order valence-electron chi connectivity index (χ1n) is 9.11. The molecule has 138 valence electrons. The van der Waals surface area contributed by atoms with Crippen LogP contribution in [0, 0.1) is 6.92 Å². The summed E-state index contributed by atoms with van der Waals surface area (Å²) in [5, 5.41) is 2.50. The lowest BCUT2D eigenvalue weighted by Gasteiger charge is -2.30. The van der Waals surface area contributed by atoms with Gasteiger partial charge in [-0.15, -0.1) is 0 Å². The Morgan fingerprint density at radius 3 is 2.59 bits per heavy atom. The fourth-order valence-electron chi connectivity index (χ4n) is 3.64. The Morgan fingerprint density at radius 2 is 1.89 bits per heavy atom. The van der Waals surface area contributed by atoms with E-state index < -0.39 is 0 Å². The topological polar surface area (TPSA) is 69.7 Å². The maximum atomic E-state index is 13.0. The number of rotatable bonds is 3. The summed E-state index contributed by atoms with van der Waals surface area (Å²) in [6, 6.07) is 12.9. The molecule has 0 saturated carbocycles. The van der Waals surface area contributed by atoms with Gasteiger partial charge in [0.1, 0.15) is 0 Å². The molecule has 2 aliphatic heterocycles. The van der Waals surface area contributed by atoms with Crippen LogP contribution in [-0.4, -0.2) is 35.8 Å². The highest BCUT2D eigenvalue weighted by Crippen LogP contribution is 2.29. The molecular formula is C21H21N3O3. The molecule has 2 aromatic rings. The number of nitrogens with zero attached hydrogens (tertiary/aromatic N) is 2. The number of carbonyl (C=O) groups is 3. The van der Waals surface area contributed by atoms with Crippen molar-refractivity contribution in [3.05, 3.63) is 64.7 Å². The molecule has 6 nitrogen and oxygen atoms in total. The van der Waals surface area contributed by atoms with Gasteiger partial charge in [-0.25, -0.2) is 4.79 Å². The van der Waals surface area contributed by atoms with E-state index in [1.807, 2.05) is 17.0 Å². The van der Waals surface area contributed by atoms with Gasteiger partial charge < -0.3 is 10.2 Å². The number of nitrogens with one attached hydrogen (secondary N) is 1. The van der Waals surface area contributed by atoms with Crippen LogP contribution >= 0.6 is 0 Å². The van der Waals surface area contributed by atoms with E-state index in [-0.39, 0.29) is 30.9 Å². The first-order valence-corrected chi connectivity index (χ1v) is 9.11. The lowest BCUT2D eigenvalue weighted by molar-refractivity contribution is -0.125. The third kappa shape index (κ3) is 3.30. The molecule has 2 heterocycles. The minimum atomic E-state index is -0.375. The van der Waals surface area contributed by atoms with Gasteiger partial charge in [0.25, 0.3) is 5.91 Å². The zero-order valence-corrected chi connectivity index (χ0v) is 15.2. The molecule has 0 spiro atoms. The fraction of sp³-hybridized carbons (Fsp3) is 0.286. The monoisotopic (exact) mass is 363 g/mol. The quantitative estimate of drug-likeness (QED) is 0.853. The SMILES string of the molecule is Cc1ccc2c(c1)CCCN2C(=O)c1ccc(CN2C(=O)CNC2=O)cc1. The molecular weight excluding hydrogens is 342 g/mol. The molecule has 0 atom stereocenters.